The second-order valence-electron chi connectivity index (χ2n) is 6.29. The van der Waals surface area contributed by atoms with Crippen LogP contribution in [-0.4, -0.2) is 35.4 Å². The van der Waals surface area contributed by atoms with Crippen molar-refractivity contribution in [1.82, 2.24) is 15.1 Å². The summed E-state index contributed by atoms with van der Waals surface area (Å²) in [6.45, 7) is 2.53. The molecule has 2 aromatic carbocycles. The summed E-state index contributed by atoms with van der Waals surface area (Å²) in [6.07, 6.45) is 2.72. The summed E-state index contributed by atoms with van der Waals surface area (Å²) in [6, 6.07) is 13.9. The van der Waals surface area contributed by atoms with Gasteiger partial charge in [0.05, 0.1) is 26.0 Å². The van der Waals surface area contributed by atoms with Gasteiger partial charge in [-0.25, -0.2) is 0 Å². The maximum Gasteiger partial charge on any atom is 0.258 e. The Morgan fingerprint density at radius 2 is 2.12 bits per heavy atom. The van der Waals surface area contributed by atoms with E-state index in [9.17, 15) is 4.79 Å². The molecule has 26 heavy (non-hydrogen) atoms. The molecule has 134 valence electrons. The molecule has 0 saturated heterocycles. The van der Waals surface area contributed by atoms with Gasteiger partial charge in [-0.1, -0.05) is 30.3 Å². The lowest BCUT2D eigenvalue weighted by Crippen LogP contribution is -2.32. The average Bonchev–Trinajstić information content (AvgIpc) is 3.09. The number of ether oxygens (including phenoxy) is 2. The van der Waals surface area contributed by atoms with Crippen LogP contribution in [0.25, 0.3) is 10.8 Å². The Kier molecular flexibility index (Phi) is 4.84. The van der Waals surface area contributed by atoms with Crippen molar-refractivity contribution in [3.05, 3.63) is 59.9 Å². The topological polar surface area (TPSA) is 65.4 Å². The van der Waals surface area contributed by atoms with E-state index in [1.165, 1.54) is 5.69 Å². The molecule has 3 aromatic rings. The molecule has 0 spiro atoms. The molecule has 0 radical (unpaired) electrons. The van der Waals surface area contributed by atoms with Crippen LogP contribution < -0.4 is 10.1 Å². The summed E-state index contributed by atoms with van der Waals surface area (Å²) in [4.78, 5) is 12.0. The Bertz CT molecular complexity index is 920. The van der Waals surface area contributed by atoms with Crippen molar-refractivity contribution in [2.75, 3.05) is 19.8 Å². The number of aromatic nitrogens is 2. The lowest BCUT2D eigenvalue weighted by Gasteiger charge is -2.15. The Hall–Kier alpha value is -2.86. The third-order valence-electron chi connectivity index (χ3n) is 4.51. The van der Waals surface area contributed by atoms with Gasteiger partial charge in [-0.2, -0.15) is 5.10 Å². The molecular formula is C20H21N3O3. The van der Waals surface area contributed by atoms with Gasteiger partial charge in [0.2, 0.25) is 0 Å². The number of hydrogen-bond acceptors (Lipinski definition) is 4. The Morgan fingerprint density at radius 3 is 3.04 bits per heavy atom. The fourth-order valence-electron chi connectivity index (χ4n) is 3.16. The number of hydrogen-bond donors (Lipinski definition) is 1. The van der Waals surface area contributed by atoms with E-state index >= 15 is 0 Å². The molecular weight excluding hydrogens is 330 g/mol. The molecule has 6 nitrogen and oxygen atoms in total. The normalized spacial score (nSPS) is 13.4. The van der Waals surface area contributed by atoms with Crippen molar-refractivity contribution >= 4 is 16.7 Å². The Labute approximate surface area is 151 Å². The molecule has 1 aliphatic heterocycles. The highest BCUT2D eigenvalue weighted by atomic mass is 16.5. The number of fused-ring (bicyclic) bond motifs is 2. The van der Waals surface area contributed by atoms with Crippen molar-refractivity contribution in [2.24, 2.45) is 0 Å². The molecule has 1 amide bonds. The highest BCUT2D eigenvalue weighted by Crippen LogP contribution is 2.20. The third kappa shape index (κ3) is 3.70. The molecule has 2 heterocycles. The van der Waals surface area contributed by atoms with Gasteiger partial charge in [-0.15, -0.1) is 0 Å². The zero-order valence-electron chi connectivity index (χ0n) is 14.5. The number of carbonyl (C=O) groups is 1. The molecule has 0 atom stereocenters. The lowest BCUT2D eigenvalue weighted by molar-refractivity contribution is -0.123. The monoisotopic (exact) mass is 351 g/mol. The van der Waals surface area contributed by atoms with Crippen LogP contribution in [0.2, 0.25) is 0 Å². The van der Waals surface area contributed by atoms with Gasteiger partial charge in [0.15, 0.2) is 6.61 Å². The fraction of sp³-hybridized carbons (Fsp3) is 0.300. The first-order valence-electron chi connectivity index (χ1n) is 8.79. The molecule has 1 aromatic heterocycles. The SMILES string of the molecule is O=C(COc1ccc2ccccc2c1)NCCn1ncc2c1CCOC2. The quantitative estimate of drug-likeness (QED) is 0.740. The van der Waals surface area contributed by atoms with Gasteiger partial charge in [0, 0.05) is 24.2 Å². The van der Waals surface area contributed by atoms with E-state index in [2.05, 4.69) is 10.4 Å². The second kappa shape index (κ2) is 7.58. The van der Waals surface area contributed by atoms with Crippen molar-refractivity contribution in [3.8, 4) is 5.75 Å². The van der Waals surface area contributed by atoms with Crippen molar-refractivity contribution < 1.29 is 14.3 Å². The zero-order valence-corrected chi connectivity index (χ0v) is 14.5. The van der Waals surface area contributed by atoms with E-state index in [0.29, 0.717) is 25.4 Å². The van der Waals surface area contributed by atoms with Crippen LogP contribution in [0.5, 0.6) is 5.75 Å². The summed E-state index contributed by atoms with van der Waals surface area (Å²) in [7, 11) is 0. The Morgan fingerprint density at radius 1 is 1.23 bits per heavy atom. The molecule has 0 bridgehead atoms. The number of carbonyl (C=O) groups excluding carboxylic acids is 1. The number of rotatable bonds is 6. The number of benzene rings is 2. The van der Waals surface area contributed by atoms with Crippen molar-refractivity contribution in [3.63, 3.8) is 0 Å². The summed E-state index contributed by atoms with van der Waals surface area (Å²) < 4.78 is 13.0. The van der Waals surface area contributed by atoms with E-state index < -0.39 is 0 Å². The molecule has 1 N–H and O–H groups in total. The first kappa shape index (κ1) is 16.6. The molecule has 0 fully saturated rings. The van der Waals surface area contributed by atoms with Crippen LogP contribution in [0.1, 0.15) is 11.3 Å². The van der Waals surface area contributed by atoms with Crippen LogP contribution in [0.4, 0.5) is 0 Å². The van der Waals surface area contributed by atoms with Crippen molar-refractivity contribution in [2.45, 2.75) is 19.6 Å². The van der Waals surface area contributed by atoms with Crippen LogP contribution >= 0.6 is 0 Å². The number of nitrogens with zero attached hydrogens (tertiary/aromatic N) is 2. The minimum atomic E-state index is -0.137. The highest BCUT2D eigenvalue weighted by Gasteiger charge is 2.15. The maximum atomic E-state index is 12.0. The van der Waals surface area contributed by atoms with Crippen molar-refractivity contribution in [1.29, 1.82) is 0 Å². The minimum absolute atomic E-state index is 0.00337. The number of nitrogens with one attached hydrogen (secondary N) is 1. The summed E-state index contributed by atoms with van der Waals surface area (Å²) in [5, 5.41) is 9.50. The zero-order chi connectivity index (χ0) is 17.8. The second-order valence-corrected chi connectivity index (χ2v) is 6.29. The number of amides is 1. The fourth-order valence-corrected chi connectivity index (χ4v) is 3.16. The standard InChI is InChI=1S/C20H21N3O3/c24-20(14-26-18-6-5-15-3-1-2-4-16(15)11-18)21-8-9-23-19-7-10-25-13-17(19)12-22-23/h1-6,11-12H,7-10,13-14H2,(H,21,24). The molecule has 0 aliphatic carbocycles. The predicted octanol–water partition coefficient (Wildman–Crippen LogP) is 2.30. The van der Waals surface area contributed by atoms with E-state index in [4.69, 9.17) is 9.47 Å². The first-order valence-corrected chi connectivity index (χ1v) is 8.79. The van der Waals surface area contributed by atoms with E-state index in [0.717, 1.165) is 29.4 Å². The predicted molar refractivity (Wildman–Crippen MR) is 98.0 cm³/mol. The van der Waals surface area contributed by atoms with E-state index in [1.807, 2.05) is 53.3 Å². The van der Waals surface area contributed by atoms with Gasteiger partial charge in [0.1, 0.15) is 5.75 Å². The minimum Gasteiger partial charge on any atom is -0.484 e. The first-order chi connectivity index (χ1) is 12.8. The molecule has 1 aliphatic rings. The lowest BCUT2D eigenvalue weighted by atomic mass is 10.1. The summed E-state index contributed by atoms with van der Waals surface area (Å²) in [5.41, 5.74) is 2.35. The van der Waals surface area contributed by atoms with E-state index in [-0.39, 0.29) is 12.5 Å². The van der Waals surface area contributed by atoms with Gasteiger partial charge in [-0.3, -0.25) is 9.48 Å². The highest BCUT2D eigenvalue weighted by molar-refractivity contribution is 5.84. The average molecular weight is 351 g/mol. The summed E-state index contributed by atoms with van der Waals surface area (Å²) in [5.74, 6) is 0.558. The van der Waals surface area contributed by atoms with Crippen LogP contribution in [0.15, 0.2) is 48.7 Å². The largest absolute Gasteiger partial charge is 0.484 e. The van der Waals surface area contributed by atoms with Gasteiger partial charge in [-0.05, 0) is 22.9 Å². The molecule has 4 rings (SSSR count). The molecule has 0 saturated carbocycles. The summed E-state index contributed by atoms with van der Waals surface area (Å²) >= 11 is 0. The van der Waals surface area contributed by atoms with E-state index in [1.54, 1.807) is 0 Å². The van der Waals surface area contributed by atoms with Gasteiger partial charge in [0.25, 0.3) is 5.91 Å². The van der Waals surface area contributed by atoms with Crippen LogP contribution in [0.3, 0.4) is 0 Å². The molecule has 0 unspecified atom stereocenters. The third-order valence-corrected chi connectivity index (χ3v) is 4.51. The van der Waals surface area contributed by atoms with Crippen LogP contribution in [-0.2, 0) is 29.1 Å². The smallest absolute Gasteiger partial charge is 0.258 e. The van der Waals surface area contributed by atoms with Crippen LogP contribution in [0, 0.1) is 0 Å². The Balaban J connectivity index is 1.25. The molecule has 6 heteroatoms. The van der Waals surface area contributed by atoms with Gasteiger partial charge >= 0.3 is 0 Å². The van der Waals surface area contributed by atoms with Gasteiger partial charge < -0.3 is 14.8 Å². The maximum absolute atomic E-state index is 12.0.